The van der Waals surface area contributed by atoms with Gasteiger partial charge in [-0.3, -0.25) is 5.32 Å². The molecule has 0 atom stereocenters. The average molecular weight is 82.1 g/mol. The molecule has 1 heteroatoms. The minimum absolute atomic E-state index is 1.02. The Hall–Kier alpha value is -0.460. The zero-order valence-corrected chi connectivity index (χ0v) is 3.94. The molecule has 0 unspecified atom stereocenters. The molecule has 0 N–H and O–H groups in total. The van der Waals surface area contributed by atoms with Gasteiger partial charge in [0.15, 0.2) is 0 Å². The van der Waals surface area contributed by atoms with Gasteiger partial charge >= 0.3 is 0 Å². The van der Waals surface area contributed by atoms with E-state index in [9.17, 15) is 0 Å². The molecule has 1 rings (SSSR count). The van der Waals surface area contributed by atoms with Crippen molar-refractivity contribution in [2.75, 3.05) is 6.54 Å². The van der Waals surface area contributed by atoms with Crippen molar-refractivity contribution in [3.63, 3.8) is 0 Å². The van der Waals surface area contributed by atoms with Crippen molar-refractivity contribution in [2.45, 2.75) is 13.3 Å². The molecular formula is C5H8N. The summed E-state index contributed by atoms with van der Waals surface area (Å²) in [7, 11) is 0. The van der Waals surface area contributed by atoms with Crippen molar-refractivity contribution in [3.8, 4) is 0 Å². The normalized spacial score (nSPS) is 19.8. The Balaban J connectivity index is 2.45. The first-order chi connectivity index (χ1) is 2.89. The lowest BCUT2D eigenvalue weighted by Crippen LogP contribution is -1.92. The van der Waals surface area contributed by atoms with Gasteiger partial charge in [0.2, 0.25) is 0 Å². The van der Waals surface area contributed by atoms with Gasteiger partial charge in [-0.1, -0.05) is 6.08 Å². The van der Waals surface area contributed by atoms with Gasteiger partial charge in [-0.25, -0.2) is 0 Å². The number of allylic oxidation sites excluding steroid dienone is 1. The zero-order valence-electron chi connectivity index (χ0n) is 3.94. The van der Waals surface area contributed by atoms with E-state index < -0.39 is 0 Å². The fraction of sp³-hybridized carbons (Fsp3) is 0.600. The highest BCUT2D eigenvalue weighted by Gasteiger charge is 1.94. The van der Waals surface area contributed by atoms with Crippen molar-refractivity contribution in [3.05, 3.63) is 11.8 Å². The van der Waals surface area contributed by atoms with Crippen molar-refractivity contribution in [2.24, 2.45) is 0 Å². The highest BCUT2D eigenvalue weighted by molar-refractivity contribution is 5.00. The van der Waals surface area contributed by atoms with Crippen molar-refractivity contribution in [1.82, 2.24) is 5.32 Å². The lowest BCUT2D eigenvalue weighted by molar-refractivity contribution is 0.859. The van der Waals surface area contributed by atoms with Gasteiger partial charge < -0.3 is 0 Å². The fourth-order valence-electron chi connectivity index (χ4n) is 0.579. The summed E-state index contributed by atoms with van der Waals surface area (Å²) in [4.78, 5) is 0. The molecule has 0 fully saturated rings. The maximum absolute atomic E-state index is 4.10. The molecule has 0 aliphatic carbocycles. The molecule has 1 aliphatic rings. The SMILES string of the molecule is CC1=CCC[N]1. The molecule has 0 saturated carbocycles. The molecule has 6 heavy (non-hydrogen) atoms. The summed E-state index contributed by atoms with van der Waals surface area (Å²) in [5.74, 6) is 0. The predicted molar refractivity (Wildman–Crippen MR) is 25.4 cm³/mol. The maximum atomic E-state index is 4.10. The predicted octanol–water partition coefficient (Wildman–Crippen LogP) is 0.898. The molecule has 0 bridgehead atoms. The van der Waals surface area contributed by atoms with Gasteiger partial charge in [-0.05, 0) is 13.3 Å². The minimum Gasteiger partial charge on any atom is -0.290 e. The molecular weight excluding hydrogens is 74.1 g/mol. The molecule has 0 aromatic rings. The van der Waals surface area contributed by atoms with E-state index in [1.165, 1.54) is 5.70 Å². The summed E-state index contributed by atoms with van der Waals surface area (Å²) in [6.07, 6.45) is 3.31. The van der Waals surface area contributed by atoms with Crippen LogP contribution in [0.4, 0.5) is 0 Å². The number of hydrogen-bond acceptors (Lipinski definition) is 0. The molecule has 0 aromatic heterocycles. The Kier molecular flexibility index (Phi) is 0.825. The Morgan fingerprint density at radius 3 is 2.83 bits per heavy atom. The second kappa shape index (κ2) is 1.33. The van der Waals surface area contributed by atoms with Crippen LogP contribution in [0.5, 0.6) is 0 Å². The van der Waals surface area contributed by atoms with Gasteiger partial charge in [0.05, 0.1) is 0 Å². The second-order valence-corrected chi connectivity index (χ2v) is 1.52. The molecule has 1 aliphatic heterocycles. The van der Waals surface area contributed by atoms with E-state index >= 15 is 0 Å². The molecule has 1 heterocycles. The average Bonchev–Trinajstić information content (AvgIpc) is 1.86. The van der Waals surface area contributed by atoms with E-state index in [0.717, 1.165) is 13.0 Å². The second-order valence-electron chi connectivity index (χ2n) is 1.52. The van der Waals surface area contributed by atoms with Gasteiger partial charge in [0, 0.05) is 12.2 Å². The van der Waals surface area contributed by atoms with Crippen LogP contribution in [-0.2, 0) is 0 Å². The minimum atomic E-state index is 1.02. The number of rotatable bonds is 0. The van der Waals surface area contributed by atoms with Crippen molar-refractivity contribution >= 4 is 0 Å². The van der Waals surface area contributed by atoms with Crippen LogP contribution in [0.15, 0.2) is 11.8 Å². The Labute approximate surface area is 38.1 Å². The summed E-state index contributed by atoms with van der Waals surface area (Å²) in [5.41, 5.74) is 1.20. The Bertz CT molecular complexity index is 74.0. The van der Waals surface area contributed by atoms with E-state index in [2.05, 4.69) is 11.4 Å². The van der Waals surface area contributed by atoms with Crippen LogP contribution in [0.2, 0.25) is 0 Å². The monoisotopic (exact) mass is 82.1 g/mol. The lowest BCUT2D eigenvalue weighted by atomic mass is 10.4. The Morgan fingerprint density at radius 1 is 1.83 bits per heavy atom. The van der Waals surface area contributed by atoms with Gasteiger partial charge in [0.1, 0.15) is 0 Å². The van der Waals surface area contributed by atoms with E-state index in [4.69, 9.17) is 0 Å². The molecule has 0 saturated heterocycles. The standard InChI is InChI=1S/C5H8N/c1-5-3-2-4-6-5/h3H,2,4H2,1H3. The smallest absolute Gasteiger partial charge is 0.0427 e. The zero-order chi connectivity index (χ0) is 4.41. The third-order valence-corrected chi connectivity index (χ3v) is 0.930. The van der Waals surface area contributed by atoms with Gasteiger partial charge in [-0.15, -0.1) is 0 Å². The summed E-state index contributed by atoms with van der Waals surface area (Å²) >= 11 is 0. The lowest BCUT2D eigenvalue weighted by Gasteiger charge is -1.83. The van der Waals surface area contributed by atoms with Crippen LogP contribution in [-0.4, -0.2) is 6.54 Å². The number of nitrogens with zero attached hydrogens (tertiary/aromatic N) is 1. The first-order valence-electron chi connectivity index (χ1n) is 2.24. The van der Waals surface area contributed by atoms with E-state index in [-0.39, 0.29) is 0 Å². The topological polar surface area (TPSA) is 14.1 Å². The molecule has 0 aromatic carbocycles. The van der Waals surface area contributed by atoms with E-state index in [0.29, 0.717) is 0 Å². The third kappa shape index (κ3) is 0.534. The maximum Gasteiger partial charge on any atom is 0.0427 e. The highest BCUT2D eigenvalue weighted by Crippen LogP contribution is 1.99. The van der Waals surface area contributed by atoms with Gasteiger partial charge in [-0.2, -0.15) is 0 Å². The van der Waals surface area contributed by atoms with Crippen LogP contribution < -0.4 is 5.32 Å². The molecule has 0 amide bonds. The quantitative estimate of drug-likeness (QED) is 0.412. The van der Waals surface area contributed by atoms with E-state index in [1.54, 1.807) is 0 Å². The van der Waals surface area contributed by atoms with Crippen LogP contribution in [0, 0.1) is 0 Å². The number of hydrogen-bond donors (Lipinski definition) is 0. The van der Waals surface area contributed by atoms with Crippen LogP contribution in [0.25, 0.3) is 0 Å². The molecule has 1 nitrogen and oxygen atoms in total. The summed E-state index contributed by atoms with van der Waals surface area (Å²) in [5, 5.41) is 4.10. The van der Waals surface area contributed by atoms with Crippen molar-refractivity contribution < 1.29 is 0 Å². The largest absolute Gasteiger partial charge is 0.290 e. The fourth-order valence-corrected chi connectivity index (χ4v) is 0.579. The third-order valence-electron chi connectivity index (χ3n) is 0.930. The molecule has 1 radical (unpaired) electrons. The van der Waals surface area contributed by atoms with Crippen LogP contribution >= 0.6 is 0 Å². The molecule has 33 valence electrons. The summed E-state index contributed by atoms with van der Waals surface area (Å²) < 4.78 is 0. The summed E-state index contributed by atoms with van der Waals surface area (Å²) in [6, 6.07) is 0. The first-order valence-corrected chi connectivity index (χ1v) is 2.24. The van der Waals surface area contributed by atoms with Gasteiger partial charge in [0.25, 0.3) is 0 Å². The Morgan fingerprint density at radius 2 is 2.67 bits per heavy atom. The molecule has 0 spiro atoms. The van der Waals surface area contributed by atoms with Crippen molar-refractivity contribution in [1.29, 1.82) is 0 Å². The van der Waals surface area contributed by atoms with Crippen LogP contribution in [0.1, 0.15) is 13.3 Å². The first kappa shape index (κ1) is 3.72. The highest BCUT2D eigenvalue weighted by atomic mass is 14.9. The van der Waals surface area contributed by atoms with Crippen LogP contribution in [0.3, 0.4) is 0 Å². The summed E-state index contributed by atoms with van der Waals surface area (Å²) in [6.45, 7) is 3.05. The van der Waals surface area contributed by atoms with E-state index in [1.807, 2.05) is 6.92 Å².